The Morgan fingerprint density at radius 3 is 1.86 bits per heavy atom. The number of nitrogens with zero attached hydrogens (tertiary/aromatic N) is 2. The molecule has 0 N–H and O–H groups in total. The molecule has 0 spiro atoms. The van der Waals surface area contributed by atoms with Crippen LogP contribution in [0.1, 0.15) is 59.3 Å². The van der Waals surface area contributed by atoms with Gasteiger partial charge in [-0.15, -0.1) is 0 Å². The Labute approximate surface area is 206 Å². The van der Waals surface area contributed by atoms with E-state index in [4.69, 9.17) is 23.2 Å². The van der Waals surface area contributed by atoms with Crippen LogP contribution in [0.3, 0.4) is 0 Å². The summed E-state index contributed by atoms with van der Waals surface area (Å²) in [6.45, 7) is 6.87. The zero-order valence-corrected chi connectivity index (χ0v) is 25.0. The molecule has 160 valence electrons. The molecule has 2 nitrogen and oxygen atoms in total. The first-order chi connectivity index (χ1) is 13.9. The van der Waals surface area contributed by atoms with Gasteiger partial charge in [0.2, 0.25) is 0 Å². The van der Waals surface area contributed by atoms with Gasteiger partial charge in [-0.05, 0) is 0 Å². The minimum absolute atomic E-state index is 0.491. The van der Waals surface area contributed by atoms with Gasteiger partial charge in [-0.25, -0.2) is 0 Å². The SMILES string of the molecule is CCC[CH2][Sn]([CH2]CCC)([CH2]CCC)[c]1c(Cl)ncc(Br)c1-c1cc(Cl)ncc1Br. The molecule has 0 atom stereocenters. The van der Waals surface area contributed by atoms with Gasteiger partial charge < -0.3 is 0 Å². The van der Waals surface area contributed by atoms with Crippen molar-refractivity contribution in [2.24, 2.45) is 0 Å². The first kappa shape index (κ1) is 25.9. The van der Waals surface area contributed by atoms with Gasteiger partial charge in [-0.2, -0.15) is 0 Å². The summed E-state index contributed by atoms with van der Waals surface area (Å²) in [4.78, 5) is 8.84. The Morgan fingerprint density at radius 2 is 1.34 bits per heavy atom. The first-order valence-corrected chi connectivity index (χ1v) is 20.4. The molecule has 0 radical (unpaired) electrons. The normalized spacial score (nSPS) is 11.8. The molecule has 0 aliphatic heterocycles. The number of unbranched alkanes of at least 4 members (excludes halogenated alkanes) is 3. The molecule has 0 saturated carbocycles. The van der Waals surface area contributed by atoms with Crippen LogP contribution in [-0.4, -0.2) is 28.3 Å². The van der Waals surface area contributed by atoms with Crippen molar-refractivity contribution in [2.75, 3.05) is 0 Å². The number of aromatic nitrogens is 2. The third-order valence-corrected chi connectivity index (χ3v) is 23.5. The van der Waals surface area contributed by atoms with Gasteiger partial charge in [0.1, 0.15) is 0 Å². The maximum atomic E-state index is 6.92. The van der Waals surface area contributed by atoms with Crippen LogP contribution < -0.4 is 3.58 Å². The van der Waals surface area contributed by atoms with Gasteiger partial charge in [-0.3, -0.25) is 0 Å². The van der Waals surface area contributed by atoms with Crippen molar-refractivity contribution in [3.05, 3.63) is 37.7 Å². The Kier molecular flexibility index (Phi) is 11.3. The quantitative estimate of drug-likeness (QED) is 0.176. The van der Waals surface area contributed by atoms with E-state index in [2.05, 4.69) is 62.6 Å². The van der Waals surface area contributed by atoms with Gasteiger partial charge in [0.05, 0.1) is 0 Å². The second kappa shape index (κ2) is 12.6. The van der Waals surface area contributed by atoms with E-state index in [-0.39, 0.29) is 0 Å². The zero-order chi connectivity index (χ0) is 21.4. The molecular weight excluding hydrogens is 642 g/mol. The van der Waals surface area contributed by atoms with Crippen LogP contribution in [-0.2, 0) is 0 Å². The monoisotopic (exact) mass is 670 g/mol. The van der Waals surface area contributed by atoms with Crippen molar-refractivity contribution in [3.63, 3.8) is 0 Å². The molecule has 0 amide bonds. The molecule has 0 aliphatic rings. The van der Waals surface area contributed by atoms with Crippen molar-refractivity contribution in [1.29, 1.82) is 0 Å². The molecule has 0 saturated heterocycles. The molecule has 7 heteroatoms. The van der Waals surface area contributed by atoms with E-state index in [9.17, 15) is 0 Å². The van der Waals surface area contributed by atoms with Crippen LogP contribution in [0, 0.1) is 0 Å². The number of halogens is 4. The number of pyridine rings is 2. The van der Waals surface area contributed by atoms with E-state index in [0.717, 1.165) is 14.5 Å². The molecule has 0 aromatic carbocycles. The van der Waals surface area contributed by atoms with Gasteiger partial charge in [-0.1, -0.05) is 0 Å². The fraction of sp³-hybridized carbons (Fsp3) is 0.545. The maximum absolute atomic E-state index is 6.92. The molecule has 29 heavy (non-hydrogen) atoms. The standard InChI is InChI=1S/C10H3Br2Cl2N2.3C4H9.Sn/c11-7-3-15-9(13)1-5(7)6-2-10(14)16-4-8(6)12;3*1-3-4-2;/h1,3-4H;3*1,3-4H2,2H3;. The molecule has 2 rings (SSSR count). The van der Waals surface area contributed by atoms with Gasteiger partial charge >= 0.3 is 208 Å². The summed E-state index contributed by atoms with van der Waals surface area (Å²) in [5, 5.41) is 1.19. The summed E-state index contributed by atoms with van der Waals surface area (Å²) in [5.41, 5.74) is 2.24. The minimum atomic E-state index is -2.85. The third-order valence-electron chi connectivity index (χ3n) is 5.63. The second-order valence-electron chi connectivity index (χ2n) is 7.72. The van der Waals surface area contributed by atoms with E-state index in [1.165, 1.54) is 61.0 Å². The fourth-order valence-electron chi connectivity index (χ4n) is 4.11. The summed E-state index contributed by atoms with van der Waals surface area (Å²) in [6, 6.07) is 1.95. The molecule has 0 unspecified atom stereocenters. The van der Waals surface area contributed by atoms with E-state index >= 15 is 0 Å². The fourth-order valence-corrected chi connectivity index (χ4v) is 24.0. The average Bonchev–Trinajstić information content (AvgIpc) is 2.71. The van der Waals surface area contributed by atoms with Gasteiger partial charge in [0.25, 0.3) is 0 Å². The third kappa shape index (κ3) is 6.56. The Hall–Kier alpha value is 0.639. The van der Waals surface area contributed by atoms with E-state index in [1.807, 2.05) is 12.3 Å². The summed E-state index contributed by atoms with van der Waals surface area (Å²) in [7, 11) is 0. The number of hydrogen-bond acceptors (Lipinski definition) is 2. The molecule has 2 aromatic heterocycles. The topological polar surface area (TPSA) is 25.8 Å². The molecule has 2 aromatic rings. The van der Waals surface area contributed by atoms with Crippen LogP contribution in [0.4, 0.5) is 0 Å². The van der Waals surface area contributed by atoms with E-state index < -0.39 is 18.4 Å². The molecule has 0 fully saturated rings. The van der Waals surface area contributed by atoms with Crippen LogP contribution >= 0.6 is 55.1 Å². The van der Waals surface area contributed by atoms with Crippen molar-refractivity contribution >= 4 is 77.0 Å². The molecular formula is C22H30Br2Cl2N2Sn. The summed E-state index contributed by atoms with van der Waals surface area (Å²) in [6.07, 6.45) is 11.1. The van der Waals surface area contributed by atoms with Crippen LogP contribution in [0.5, 0.6) is 0 Å². The van der Waals surface area contributed by atoms with Crippen molar-refractivity contribution in [3.8, 4) is 11.1 Å². The Morgan fingerprint density at radius 1 is 0.828 bits per heavy atom. The molecule has 0 aliphatic carbocycles. The van der Waals surface area contributed by atoms with Crippen molar-refractivity contribution < 1.29 is 0 Å². The van der Waals surface area contributed by atoms with Gasteiger partial charge in [0.15, 0.2) is 0 Å². The van der Waals surface area contributed by atoms with Crippen molar-refractivity contribution in [2.45, 2.75) is 72.6 Å². The second-order valence-corrected chi connectivity index (χ2v) is 23.2. The van der Waals surface area contributed by atoms with E-state index in [1.54, 1.807) is 6.20 Å². The van der Waals surface area contributed by atoms with Crippen LogP contribution in [0.25, 0.3) is 11.1 Å². The van der Waals surface area contributed by atoms with Crippen LogP contribution in [0.2, 0.25) is 23.6 Å². The van der Waals surface area contributed by atoms with Crippen LogP contribution in [0.15, 0.2) is 27.4 Å². The predicted octanol–water partition coefficient (Wildman–Crippen LogP) is 9.03. The molecule has 2 heterocycles. The predicted molar refractivity (Wildman–Crippen MR) is 137 cm³/mol. The zero-order valence-electron chi connectivity index (χ0n) is 17.5. The van der Waals surface area contributed by atoms with Gasteiger partial charge in [0, 0.05) is 0 Å². The Balaban J connectivity index is 2.80. The first-order valence-electron chi connectivity index (χ1n) is 10.6. The summed E-state index contributed by atoms with van der Waals surface area (Å²) >= 11 is 17.9. The number of hydrogen-bond donors (Lipinski definition) is 0. The van der Waals surface area contributed by atoms with E-state index in [0.29, 0.717) is 10.3 Å². The molecule has 0 bridgehead atoms. The summed E-state index contributed by atoms with van der Waals surface area (Å²) < 4.78 is 7.28. The Bertz CT molecular complexity index is 796. The van der Waals surface area contributed by atoms with Crippen molar-refractivity contribution in [1.82, 2.24) is 9.97 Å². The summed E-state index contributed by atoms with van der Waals surface area (Å²) in [5.74, 6) is 0. The number of rotatable bonds is 11. The average molecular weight is 672 g/mol.